The summed E-state index contributed by atoms with van der Waals surface area (Å²) in [4.78, 5) is 11.1. The second-order valence-corrected chi connectivity index (χ2v) is 7.63. The summed E-state index contributed by atoms with van der Waals surface area (Å²) in [5, 5.41) is 9.43. The number of amides is 1. The van der Waals surface area contributed by atoms with Gasteiger partial charge in [-0.25, -0.2) is 4.39 Å². The predicted molar refractivity (Wildman–Crippen MR) is 91.5 cm³/mol. The van der Waals surface area contributed by atoms with Crippen molar-refractivity contribution in [2.45, 2.75) is 49.1 Å². The van der Waals surface area contributed by atoms with Crippen LogP contribution in [0.3, 0.4) is 0 Å². The number of carbonyl (C=O) groups is 1. The zero-order valence-corrected chi connectivity index (χ0v) is 14.8. The standard InChI is InChI=1S/C16H18ClFN4OS/c1-9(11-4-5-13(18)12(17)8-11)24-16-21-20-15(10-2-3-10)22(16)7-6-14(19)23/h4-5,8-10H,2-3,6-7H2,1H3,(H2,19,23)/t9-/m1/s1. The number of rotatable bonds is 7. The maximum absolute atomic E-state index is 13.3. The van der Waals surface area contributed by atoms with Crippen molar-refractivity contribution in [3.8, 4) is 0 Å². The molecule has 1 aromatic heterocycles. The van der Waals surface area contributed by atoms with Crippen LogP contribution in [0.5, 0.6) is 0 Å². The van der Waals surface area contributed by atoms with Crippen molar-refractivity contribution in [3.63, 3.8) is 0 Å². The number of benzene rings is 1. The molecule has 0 aliphatic heterocycles. The Bertz CT molecular complexity index is 763. The van der Waals surface area contributed by atoms with Crippen molar-refractivity contribution in [2.75, 3.05) is 0 Å². The van der Waals surface area contributed by atoms with E-state index < -0.39 is 5.82 Å². The van der Waals surface area contributed by atoms with Crippen LogP contribution >= 0.6 is 23.4 Å². The zero-order valence-electron chi connectivity index (χ0n) is 13.2. The van der Waals surface area contributed by atoms with Crippen LogP contribution in [0.4, 0.5) is 4.39 Å². The van der Waals surface area contributed by atoms with E-state index in [2.05, 4.69) is 10.2 Å². The van der Waals surface area contributed by atoms with E-state index in [1.165, 1.54) is 17.8 Å². The van der Waals surface area contributed by atoms with Crippen LogP contribution in [-0.4, -0.2) is 20.7 Å². The van der Waals surface area contributed by atoms with E-state index in [1.54, 1.807) is 12.1 Å². The van der Waals surface area contributed by atoms with E-state index in [0.717, 1.165) is 29.4 Å². The molecule has 0 radical (unpaired) electrons. The Labute approximate surface area is 148 Å². The maximum atomic E-state index is 13.3. The number of nitrogens with two attached hydrogens (primary N) is 1. The molecule has 0 unspecified atom stereocenters. The Morgan fingerprint density at radius 2 is 2.25 bits per heavy atom. The normalized spacial score (nSPS) is 15.5. The van der Waals surface area contributed by atoms with Gasteiger partial charge in [0, 0.05) is 24.1 Å². The van der Waals surface area contributed by atoms with E-state index in [1.807, 2.05) is 11.5 Å². The molecule has 1 aliphatic rings. The van der Waals surface area contributed by atoms with Gasteiger partial charge in [0.05, 0.1) is 5.02 Å². The Hall–Kier alpha value is -1.60. The molecule has 0 saturated heterocycles. The molecule has 1 atom stereocenters. The first-order chi connectivity index (χ1) is 11.5. The average Bonchev–Trinajstić information content (AvgIpc) is 3.30. The van der Waals surface area contributed by atoms with E-state index >= 15 is 0 Å². The molecule has 24 heavy (non-hydrogen) atoms. The number of hydrogen-bond acceptors (Lipinski definition) is 4. The van der Waals surface area contributed by atoms with Crippen LogP contribution < -0.4 is 5.73 Å². The molecule has 1 fully saturated rings. The third kappa shape index (κ3) is 3.89. The quantitative estimate of drug-likeness (QED) is 0.756. The van der Waals surface area contributed by atoms with Gasteiger partial charge in [-0.3, -0.25) is 4.79 Å². The first-order valence-corrected chi connectivity index (χ1v) is 9.04. The molecule has 128 valence electrons. The van der Waals surface area contributed by atoms with Crippen LogP contribution in [0.25, 0.3) is 0 Å². The average molecular weight is 369 g/mol. The first kappa shape index (κ1) is 17.2. The Kier molecular flexibility index (Phi) is 5.10. The molecule has 8 heteroatoms. The summed E-state index contributed by atoms with van der Waals surface area (Å²) in [6, 6.07) is 4.70. The van der Waals surface area contributed by atoms with Gasteiger partial charge in [-0.15, -0.1) is 10.2 Å². The third-order valence-electron chi connectivity index (χ3n) is 3.97. The van der Waals surface area contributed by atoms with Crippen molar-refractivity contribution in [1.82, 2.24) is 14.8 Å². The Balaban J connectivity index is 1.80. The van der Waals surface area contributed by atoms with Crippen molar-refractivity contribution in [2.24, 2.45) is 5.73 Å². The molecule has 1 aliphatic carbocycles. The highest BCUT2D eigenvalue weighted by atomic mass is 35.5. The monoisotopic (exact) mass is 368 g/mol. The van der Waals surface area contributed by atoms with Gasteiger partial charge in [-0.2, -0.15) is 0 Å². The van der Waals surface area contributed by atoms with Crippen LogP contribution in [0, 0.1) is 5.82 Å². The summed E-state index contributed by atoms with van der Waals surface area (Å²) in [6.45, 7) is 2.48. The maximum Gasteiger partial charge on any atom is 0.219 e. The molecule has 2 N–H and O–H groups in total. The Morgan fingerprint density at radius 1 is 1.50 bits per heavy atom. The fourth-order valence-corrected chi connectivity index (χ4v) is 3.64. The lowest BCUT2D eigenvalue weighted by atomic mass is 10.2. The molecule has 3 rings (SSSR count). The number of thioether (sulfide) groups is 1. The largest absolute Gasteiger partial charge is 0.370 e. The third-order valence-corrected chi connectivity index (χ3v) is 5.39. The second kappa shape index (κ2) is 7.11. The van der Waals surface area contributed by atoms with Gasteiger partial charge in [0.1, 0.15) is 11.6 Å². The first-order valence-electron chi connectivity index (χ1n) is 7.78. The van der Waals surface area contributed by atoms with E-state index in [-0.39, 0.29) is 22.6 Å². The number of halogens is 2. The van der Waals surface area contributed by atoms with Gasteiger partial charge < -0.3 is 10.3 Å². The minimum Gasteiger partial charge on any atom is -0.370 e. The molecule has 1 heterocycles. The van der Waals surface area contributed by atoms with Gasteiger partial charge in [0.25, 0.3) is 0 Å². The molecule has 1 saturated carbocycles. The fraction of sp³-hybridized carbons (Fsp3) is 0.438. The molecular weight excluding hydrogens is 351 g/mol. The number of nitrogens with zero attached hydrogens (tertiary/aromatic N) is 3. The molecule has 0 bridgehead atoms. The summed E-state index contributed by atoms with van der Waals surface area (Å²) in [5.74, 6) is 0.566. The molecule has 0 spiro atoms. The van der Waals surface area contributed by atoms with Gasteiger partial charge >= 0.3 is 0 Å². The van der Waals surface area contributed by atoms with Crippen LogP contribution in [0.1, 0.15) is 48.7 Å². The molecule has 1 aromatic carbocycles. The molecule has 2 aromatic rings. The highest BCUT2D eigenvalue weighted by Crippen LogP contribution is 2.42. The number of hydrogen-bond donors (Lipinski definition) is 1. The minimum absolute atomic E-state index is 0.0201. The SMILES string of the molecule is C[C@@H](Sc1nnc(C2CC2)n1CCC(N)=O)c1ccc(F)c(Cl)c1. The van der Waals surface area contributed by atoms with Crippen LogP contribution in [0.15, 0.2) is 23.4 Å². The number of primary amides is 1. The van der Waals surface area contributed by atoms with Crippen LogP contribution in [-0.2, 0) is 11.3 Å². The highest BCUT2D eigenvalue weighted by molar-refractivity contribution is 7.99. The van der Waals surface area contributed by atoms with Crippen molar-refractivity contribution >= 4 is 29.3 Å². The van der Waals surface area contributed by atoms with Gasteiger partial charge in [0.2, 0.25) is 5.91 Å². The zero-order chi connectivity index (χ0) is 17.3. The molecule has 1 amide bonds. The molecular formula is C16H18ClFN4OS. The number of carbonyl (C=O) groups excluding carboxylic acids is 1. The lowest BCUT2D eigenvalue weighted by molar-refractivity contribution is -0.118. The van der Waals surface area contributed by atoms with Gasteiger partial charge in [-0.05, 0) is 37.5 Å². The summed E-state index contributed by atoms with van der Waals surface area (Å²) < 4.78 is 15.3. The molecule has 5 nitrogen and oxygen atoms in total. The van der Waals surface area contributed by atoms with Crippen molar-refractivity contribution in [3.05, 3.63) is 40.4 Å². The fourth-order valence-electron chi connectivity index (χ4n) is 2.45. The highest BCUT2D eigenvalue weighted by Gasteiger charge is 2.30. The van der Waals surface area contributed by atoms with E-state index in [4.69, 9.17) is 17.3 Å². The minimum atomic E-state index is -0.432. The van der Waals surface area contributed by atoms with Gasteiger partial charge in [-0.1, -0.05) is 29.4 Å². The topological polar surface area (TPSA) is 73.8 Å². The lowest BCUT2D eigenvalue weighted by Crippen LogP contribution is -2.15. The van der Waals surface area contributed by atoms with Crippen LogP contribution in [0.2, 0.25) is 5.02 Å². The number of aromatic nitrogens is 3. The Morgan fingerprint density at radius 3 is 2.88 bits per heavy atom. The summed E-state index contributed by atoms with van der Waals surface area (Å²) in [7, 11) is 0. The van der Waals surface area contributed by atoms with Crippen molar-refractivity contribution < 1.29 is 9.18 Å². The second-order valence-electron chi connectivity index (χ2n) is 5.92. The summed E-state index contributed by atoms with van der Waals surface area (Å²) in [6.07, 6.45) is 2.45. The smallest absolute Gasteiger partial charge is 0.219 e. The van der Waals surface area contributed by atoms with E-state index in [9.17, 15) is 9.18 Å². The van der Waals surface area contributed by atoms with Crippen molar-refractivity contribution in [1.29, 1.82) is 0 Å². The van der Waals surface area contributed by atoms with Gasteiger partial charge in [0.15, 0.2) is 5.16 Å². The summed E-state index contributed by atoms with van der Waals surface area (Å²) >= 11 is 7.37. The predicted octanol–water partition coefficient (Wildman–Crippen LogP) is 3.68. The summed E-state index contributed by atoms with van der Waals surface area (Å²) in [5.41, 5.74) is 6.18. The lowest BCUT2D eigenvalue weighted by Gasteiger charge is -2.13. The van der Waals surface area contributed by atoms with E-state index in [0.29, 0.717) is 12.5 Å².